The van der Waals surface area contributed by atoms with Crippen molar-refractivity contribution < 1.29 is 13.2 Å². The Labute approximate surface area is 113 Å². The Kier molecular flexibility index (Phi) is 6.56. The number of sulfonamides is 1. The van der Waals surface area contributed by atoms with Crippen LogP contribution >= 0.6 is 11.6 Å². The summed E-state index contributed by atoms with van der Waals surface area (Å²) in [6, 6.07) is 1.45. The molecule has 0 saturated carbocycles. The third-order valence-corrected chi connectivity index (χ3v) is 4.27. The van der Waals surface area contributed by atoms with Crippen LogP contribution in [-0.2, 0) is 14.8 Å². The van der Waals surface area contributed by atoms with E-state index >= 15 is 0 Å². The maximum Gasteiger partial charge on any atom is 0.243 e. The molecule has 0 bridgehead atoms. The van der Waals surface area contributed by atoms with E-state index in [9.17, 15) is 8.42 Å². The minimum atomic E-state index is -3.56. The molecule has 102 valence electrons. The Balaban J connectivity index is 2.44. The van der Waals surface area contributed by atoms with Crippen molar-refractivity contribution in [3.8, 4) is 0 Å². The third-order valence-electron chi connectivity index (χ3n) is 2.34. The molecule has 1 aromatic heterocycles. The molecule has 0 saturated heterocycles. The van der Waals surface area contributed by atoms with Crippen molar-refractivity contribution in [2.45, 2.75) is 24.2 Å². The molecular formula is C11H17ClN2O3S. The van der Waals surface area contributed by atoms with Gasteiger partial charge in [-0.1, -0.05) is 11.6 Å². The van der Waals surface area contributed by atoms with E-state index in [2.05, 4.69) is 9.71 Å². The summed E-state index contributed by atoms with van der Waals surface area (Å²) in [5, 5.41) is 0.178. The van der Waals surface area contributed by atoms with Crippen LogP contribution in [-0.4, -0.2) is 33.7 Å². The first-order valence-electron chi connectivity index (χ1n) is 5.66. The normalized spacial score (nSPS) is 11.7. The number of nitrogens with zero attached hydrogens (tertiary/aromatic N) is 1. The van der Waals surface area contributed by atoms with Gasteiger partial charge in [0, 0.05) is 32.7 Å². The Morgan fingerprint density at radius 3 is 2.83 bits per heavy atom. The van der Waals surface area contributed by atoms with E-state index in [4.69, 9.17) is 16.3 Å². The van der Waals surface area contributed by atoms with Crippen LogP contribution in [0, 0.1) is 0 Å². The number of unbranched alkanes of at least 4 members (excludes halogenated alkanes) is 2. The molecule has 0 atom stereocenters. The number of hydrogen-bond acceptors (Lipinski definition) is 4. The van der Waals surface area contributed by atoms with Gasteiger partial charge in [0.05, 0.1) is 5.02 Å². The predicted octanol–water partition coefficient (Wildman–Crippen LogP) is 1.83. The third kappa shape index (κ3) is 4.89. The first-order valence-corrected chi connectivity index (χ1v) is 7.52. The number of ether oxygens (including phenoxy) is 1. The fourth-order valence-electron chi connectivity index (χ4n) is 1.39. The van der Waals surface area contributed by atoms with Crippen molar-refractivity contribution in [1.82, 2.24) is 9.71 Å². The van der Waals surface area contributed by atoms with Gasteiger partial charge >= 0.3 is 0 Å². The monoisotopic (exact) mass is 292 g/mol. The molecule has 18 heavy (non-hydrogen) atoms. The van der Waals surface area contributed by atoms with Gasteiger partial charge in [-0.25, -0.2) is 13.1 Å². The number of hydrogen-bond donors (Lipinski definition) is 1. The van der Waals surface area contributed by atoms with Crippen molar-refractivity contribution in [2.75, 3.05) is 20.3 Å². The molecular weight excluding hydrogens is 276 g/mol. The summed E-state index contributed by atoms with van der Waals surface area (Å²) in [5.41, 5.74) is 0. The lowest BCUT2D eigenvalue weighted by Crippen LogP contribution is -2.25. The number of rotatable bonds is 8. The van der Waals surface area contributed by atoms with Crippen LogP contribution in [0.3, 0.4) is 0 Å². The highest BCUT2D eigenvalue weighted by molar-refractivity contribution is 7.89. The molecule has 0 aliphatic heterocycles. The van der Waals surface area contributed by atoms with E-state index in [0.717, 1.165) is 19.3 Å². The van der Waals surface area contributed by atoms with Crippen LogP contribution < -0.4 is 4.72 Å². The molecule has 0 unspecified atom stereocenters. The van der Waals surface area contributed by atoms with Crippen LogP contribution in [0.5, 0.6) is 0 Å². The van der Waals surface area contributed by atoms with Crippen molar-refractivity contribution in [3.63, 3.8) is 0 Å². The van der Waals surface area contributed by atoms with Crippen molar-refractivity contribution in [2.24, 2.45) is 0 Å². The molecule has 0 aromatic carbocycles. The quantitative estimate of drug-likeness (QED) is 0.742. The zero-order valence-corrected chi connectivity index (χ0v) is 11.8. The summed E-state index contributed by atoms with van der Waals surface area (Å²) in [4.78, 5) is 3.78. The second-order valence-corrected chi connectivity index (χ2v) is 5.90. The van der Waals surface area contributed by atoms with Gasteiger partial charge in [-0.2, -0.15) is 0 Å². The molecule has 0 amide bonds. The highest BCUT2D eigenvalue weighted by atomic mass is 35.5. The van der Waals surface area contributed by atoms with Gasteiger partial charge in [0.25, 0.3) is 0 Å². The van der Waals surface area contributed by atoms with Gasteiger partial charge in [0.2, 0.25) is 10.0 Å². The predicted molar refractivity (Wildman–Crippen MR) is 70.2 cm³/mol. The van der Waals surface area contributed by atoms with Gasteiger partial charge in [-0.3, -0.25) is 4.98 Å². The molecule has 5 nitrogen and oxygen atoms in total. The Morgan fingerprint density at radius 2 is 2.17 bits per heavy atom. The van der Waals surface area contributed by atoms with Crippen molar-refractivity contribution in [3.05, 3.63) is 23.5 Å². The number of pyridine rings is 1. The van der Waals surface area contributed by atoms with E-state index in [1.165, 1.54) is 18.5 Å². The molecule has 1 heterocycles. The number of halogens is 1. The Bertz CT molecular complexity index is 465. The summed E-state index contributed by atoms with van der Waals surface area (Å²) in [6.07, 6.45) is 5.30. The second kappa shape index (κ2) is 7.68. The molecule has 1 aromatic rings. The largest absolute Gasteiger partial charge is 0.385 e. The molecule has 1 N–H and O–H groups in total. The maximum absolute atomic E-state index is 11.9. The van der Waals surface area contributed by atoms with Crippen LogP contribution in [0.25, 0.3) is 0 Å². The zero-order chi connectivity index (χ0) is 13.4. The molecule has 0 radical (unpaired) electrons. The zero-order valence-electron chi connectivity index (χ0n) is 10.2. The molecule has 0 aliphatic rings. The highest BCUT2D eigenvalue weighted by Crippen LogP contribution is 2.18. The van der Waals surface area contributed by atoms with Gasteiger partial charge < -0.3 is 4.74 Å². The highest BCUT2D eigenvalue weighted by Gasteiger charge is 2.16. The second-order valence-electron chi connectivity index (χ2n) is 3.76. The summed E-state index contributed by atoms with van der Waals surface area (Å²) in [6.45, 7) is 1.08. The van der Waals surface area contributed by atoms with Crippen LogP contribution in [0.2, 0.25) is 5.02 Å². The fraction of sp³-hybridized carbons (Fsp3) is 0.545. The fourth-order valence-corrected chi connectivity index (χ4v) is 2.90. The average molecular weight is 293 g/mol. The molecule has 1 rings (SSSR count). The van der Waals surface area contributed by atoms with Gasteiger partial charge in [0.15, 0.2) is 0 Å². The van der Waals surface area contributed by atoms with Crippen molar-refractivity contribution in [1.29, 1.82) is 0 Å². The van der Waals surface area contributed by atoms with E-state index in [1.54, 1.807) is 7.11 Å². The summed E-state index contributed by atoms with van der Waals surface area (Å²) in [7, 11) is -1.91. The first kappa shape index (κ1) is 15.4. The van der Waals surface area contributed by atoms with E-state index in [0.29, 0.717) is 13.2 Å². The van der Waals surface area contributed by atoms with E-state index in [-0.39, 0.29) is 9.92 Å². The van der Waals surface area contributed by atoms with Gasteiger partial charge in [-0.05, 0) is 25.3 Å². The lowest BCUT2D eigenvalue weighted by Gasteiger charge is -2.07. The van der Waals surface area contributed by atoms with E-state index in [1.807, 2.05) is 0 Å². The minimum Gasteiger partial charge on any atom is -0.385 e. The average Bonchev–Trinajstić information content (AvgIpc) is 2.34. The van der Waals surface area contributed by atoms with E-state index < -0.39 is 10.0 Å². The summed E-state index contributed by atoms with van der Waals surface area (Å²) >= 11 is 5.81. The molecule has 7 heteroatoms. The van der Waals surface area contributed by atoms with Crippen LogP contribution in [0.1, 0.15) is 19.3 Å². The smallest absolute Gasteiger partial charge is 0.243 e. The molecule has 0 aliphatic carbocycles. The molecule has 0 fully saturated rings. The van der Waals surface area contributed by atoms with Crippen LogP contribution in [0.4, 0.5) is 0 Å². The number of aromatic nitrogens is 1. The lowest BCUT2D eigenvalue weighted by molar-refractivity contribution is 0.192. The van der Waals surface area contributed by atoms with Gasteiger partial charge in [0.1, 0.15) is 4.90 Å². The summed E-state index contributed by atoms with van der Waals surface area (Å²) < 4.78 is 31.2. The maximum atomic E-state index is 11.9. The van der Waals surface area contributed by atoms with Crippen LogP contribution in [0.15, 0.2) is 23.4 Å². The Hall–Kier alpha value is -0.690. The standard InChI is InChI=1S/C11H17ClN2O3S/c1-17-8-4-2-3-6-14-18(15,16)11-9-13-7-5-10(11)12/h5,7,9,14H,2-4,6,8H2,1H3. The number of nitrogens with one attached hydrogen (secondary N) is 1. The number of methoxy groups -OCH3 is 1. The summed E-state index contributed by atoms with van der Waals surface area (Å²) in [5.74, 6) is 0. The molecule has 0 spiro atoms. The SMILES string of the molecule is COCCCCCNS(=O)(=O)c1cnccc1Cl. The lowest BCUT2D eigenvalue weighted by atomic mass is 10.2. The minimum absolute atomic E-state index is 0.0172. The first-order chi connectivity index (χ1) is 8.58. The topological polar surface area (TPSA) is 68.3 Å². The van der Waals surface area contributed by atoms with Gasteiger partial charge in [-0.15, -0.1) is 0 Å². The Morgan fingerprint density at radius 1 is 1.39 bits per heavy atom. The van der Waals surface area contributed by atoms with Crippen molar-refractivity contribution >= 4 is 21.6 Å².